The molecular weight excluding hydrogens is 350 g/mol. The molecule has 5 rings (SSSR count). The zero-order chi connectivity index (χ0) is 19.8. The molecule has 5 unspecified atom stereocenters. The Labute approximate surface area is 176 Å². The Hall–Kier alpha value is -1.89. The molecule has 1 heteroatoms. The Balaban J connectivity index is 1.57. The number of nitrogens with zero attached hydrogens (tertiary/aromatic N) is 1. The molecular formula is C28H35N. The second-order valence-corrected chi connectivity index (χ2v) is 9.96. The van der Waals surface area contributed by atoms with Crippen molar-refractivity contribution in [2.75, 3.05) is 0 Å². The van der Waals surface area contributed by atoms with Gasteiger partial charge in [0.15, 0.2) is 0 Å². The van der Waals surface area contributed by atoms with Gasteiger partial charge in [0.05, 0.1) is 6.04 Å². The summed E-state index contributed by atoms with van der Waals surface area (Å²) >= 11 is 0. The molecule has 5 atom stereocenters. The standard InChI is InChI=1S/C28H35N/c1-19(2)28-17-26(24-15-7-11-20-9-3-5-13-22(20)24)27(18-29-28)25-16-8-12-21-10-4-6-14-23(21)25/h3-5,7,9-11,13,18-19,21,23-25,28H,6,8,12,14-17H2,1-2H3. The van der Waals surface area contributed by atoms with Crippen LogP contribution in [-0.2, 0) is 0 Å². The van der Waals surface area contributed by atoms with Gasteiger partial charge < -0.3 is 0 Å². The van der Waals surface area contributed by atoms with E-state index in [1.807, 2.05) is 0 Å². The molecule has 3 aliphatic carbocycles. The Bertz CT molecular complexity index is 868. The third kappa shape index (κ3) is 3.58. The summed E-state index contributed by atoms with van der Waals surface area (Å²) in [5, 5.41) is 0. The van der Waals surface area contributed by atoms with Gasteiger partial charge in [-0.25, -0.2) is 0 Å². The smallest absolute Gasteiger partial charge is 0.0560 e. The maximum Gasteiger partial charge on any atom is 0.0560 e. The predicted molar refractivity (Wildman–Crippen MR) is 124 cm³/mol. The fourth-order valence-corrected chi connectivity index (χ4v) is 6.41. The van der Waals surface area contributed by atoms with E-state index >= 15 is 0 Å². The van der Waals surface area contributed by atoms with Crippen LogP contribution in [0.1, 0.15) is 75.8 Å². The number of dihydropyridines is 1. The third-order valence-corrected chi connectivity index (χ3v) is 8.00. The van der Waals surface area contributed by atoms with Crippen LogP contribution in [0.4, 0.5) is 0 Å². The van der Waals surface area contributed by atoms with Crippen molar-refractivity contribution in [2.24, 2.45) is 28.7 Å². The maximum atomic E-state index is 5.11. The number of allylic oxidation sites excluding steroid dienone is 4. The Morgan fingerprint density at radius 3 is 2.83 bits per heavy atom. The van der Waals surface area contributed by atoms with Crippen molar-refractivity contribution in [3.05, 3.63) is 64.8 Å². The Morgan fingerprint density at radius 1 is 1.03 bits per heavy atom. The highest BCUT2D eigenvalue weighted by Crippen LogP contribution is 2.49. The van der Waals surface area contributed by atoms with Crippen LogP contribution in [0.3, 0.4) is 0 Å². The first-order valence-electron chi connectivity index (χ1n) is 11.9. The largest absolute Gasteiger partial charge is 0.289 e. The summed E-state index contributed by atoms with van der Waals surface area (Å²) in [5.74, 6) is 3.48. The van der Waals surface area contributed by atoms with E-state index in [1.54, 1.807) is 11.1 Å². The zero-order valence-electron chi connectivity index (χ0n) is 18.1. The van der Waals surface area contributed by atoms with E-state index in [0.29, 0.717) is 23.8 Å². The summed E-state index contributed by atoms with van der Waals surface area (Å²) in [4.78, 5) is 5.11. The number of rotatable bonds is 3. The van der Waals surface area contributed by atoms with Crippen molar-refractivity contribution in [3.8, 4) is 0 Å². The fourth-order valence-electron chi connectivity index (χ4n) is 6.41. The van der Waals surface area contributed by atoms with Crippen LogP contribution in [0, 0.1) is 23.7 Å². The van der Waals surface area contributed by atoms with Crippen molar-refractivity contribution < 1.29 is 0 Å². The van der Waals surface area contributed by atoms with Gasteiger partial charge in [-0.15, -0.1) is 0 Å². The first kappa shape index (κ1) is 19.1. The molecule has 4 aliphatic rings. The molecule has 1 nitrogen and oxygen atoms in total. The first-order valence-corrected chi connectivity index (χ1v) is 11.9. The van der Waals surface area contributed by atoms with E-state index in [4.69, 9.17) is 4.99 Å². The van der Waals surface area contributed by atoms with E-state index in [1.165, 1.54) is 43.2 Å². The molecule has 29 heavy (non-hydrogen) atoms. The summed E-state index contributed by atoms with van der Waals surface area (Å²) in [6.45, 7) is 4.67. The minimum atomic E-state index is 0.442. The molecule has 1 aromatic rings. The lowest BCUT2D eigenvalue weighted by atomic mass is 9.63. The topological polar surface area (TPSA) is 12.4 Å². The van der Waals surface area contributed by atoms with Crippen molar-refractivity contribution >= 4 is 12.3 Å². The normalized spacial score (nSPS) is 33.7. The lowest BCUT2D eigenvalue weighted by molar-refractivity contribution is 0.196. The first-order chi connectivity index (χ1) is 14.2. The summed E-state index contributed by atoms with van der Waals surface area (Å²) in [6.07, 6.45) is 21.1. The summed E-state index contributed by atoms with van der Waals surface area (Å²) in [7, 11) is 0. The zero-order valence-corrected chi connectivity index (χ0v) is 18.1. The molecule has 1 saturated carbocycles. The molecule has 0 bridgehead atoms. The molecule has 0 spiro atoms. The lowest BCUT2D eigenvalue weighted by Gasteiger charge is -2.42. The van der Waals surface area contributed by atoms with Crippen molar-refractivity contribution in [1.29, 1.82) is 0 Å². The summed E-state index contributed by atoms with van der Waals surface area (Å²) < 4.78 is 0. The molecule has 1 aromatic carbocycles. The highest BCUT2D eigenvalue weighted by atomic mass is 14.8. The molecule has 0 amide bonds. The number of aliphatic imine (C=N–C) groups is 1. The van der Waals surface area contributed by atoms with Crippen molar-refractivity contribution in [2.45, 2.75) is 70.8 Å². The van der Waals surface area contributed by atoms with Gasteiger partial charge in [-0.3, -0.25) is 4.99 Å². The Morgan fingerprint density at radius 2 is 1.93 bits per heavy atom. The SMILES string of the molecule is CC(C)C1CC(C2CC=Cc3ccccc32)=C(C2CCCC3C=CCCC32)C=N1. The average molecular weight is 386 g/mol. The van der Waals surface area contributed by atoms with Gasteiger partial charge in [0.1, 0.15) is 0 Å². The second-order valence-electron chi connectivity index (χ2n) is 9.96. The molecule has 1 fully saturated rings. The quantitative estimate of drug-likeness (QED) is 0.482. The maximum absolute atomic E-state index is 5.11. The van der Waals surface area contributed by atoms with Gasteiger partial charge in [0.25, 0.3) is 0 Å². The Kier molecular flexibility index (Phi) is 5.33. The number of fused-ring (bicyclic) bond motifs is 2. The molecule has 0 saturated heterocycles. The van der Waals surface area contributed by atoms with Crippen molar-refractivity contribution in [3.63, 3.8) is 0 Å². The van der Waals surface area contributed by atoms with Gasteiger partial charge in [-0.2, -0.15) is 0 Å². The molecule has 152 valence electrons. The third-order valence-electron chi connectivity index (χ3n) is 8.00. The highest BCUT2D eigenvalue weighted by molar-refractivity contribution is 5.83. The van der Waals surface area contributed by atoms with Crippen LogP contribution in [0.25, 0.3) is 6.08 Å². The molecule has 1 heterocycles. The van der Waals surface area contributed by atoms with Crippen LogP contribution in [0.5, 0.6) is 0 Å². The fraction of sp³-hybridized carbons (Fsp3) is 0.536. The van der Waals surface area contributed by atoms with E-state index in [9.17, 15) is 0 Å². The van der Waals surface area contributed by atoms with Gasteiger partial charge in [0.2, 0.25) is 0 Å². The monoisotopic (exact) mass is 385 g/mol. The van der Waals surface area contributed by atoms with Crippen LogP contribution < -0.4 is 0 Å². The lowest BCUT2D eigenvalue weighted by Crippen LogP contribution is -2.33. The van der Waals surface area contributed by atoms with Crippen LogP contribution >= 0.6 is 0 Å². The molecule has 0 aromatic heterocycles. The number of hydrogen-bond acceptors (Lipinski definition) is 1. The molecule has 1 aliphatic heterocycles. The van der Waals surface area contributed by atoms with E-state index in [2.05, 4.69) is 68.6 Å². The molecule has 0 N–H and O–H groups in total. The van der Waals surface area contributed by atoms with E-state index in [-0.39, 0.29) is 0 Å². The highest BCUT2D eigenvalue weighted by Gasteiger charge is 2.38. The van der Waals surface area contributed by atoms with Gasteiger partial charge in [0, 0.05) is 12.1 Å². The second kappa shape index (κ2) is 8.09. The number of benzene rings is 1. The van der Waals surface area contributed by atoms with Gasteiger partial charge in [-0.1, -0.05) is 74.4 Å². The predicted octanol–water partition coefficient (Wildman–Crippen LogP) is 7.37. The minimum absolute atomic E-state index is 0.442. The minimum Gasteiger partial charge on any atom is -0.289 e. The van der Waals surface area contributed by atoms with Gasteiger partial charge in [-0.05, 0) is 78.9 Å². The van der Waals surface area contributed by atoms with Gasteiger partial charge >= 0.3 is 0 Å². The van der Waals surface area contributed by atoms with Crippen LogP contribution in [-0.4, -0.2) is 12.3 Å². The summed E-state index contributed by atoms with van der Waals surface area (Å²) in [5.41, 5.74) is 6.30. The van der Waals surface area contributed by atoms with Crippen molar-refractivity contribution in [1.82, 2.24) is 0 Å². The van der Waals surface area contributed by atoms with E-state index in [0.717, 1.165) is 24.7 Å². The number of hydrogen-bond donors (Lipinski definition) is 0. The summed E-state index contributed by atoms with van der Waals surface area (Å²) in [6, 6.07) is 9.51. The van der Waals surface area contributed by atoms with Crippen LogP contribution in [0.2, 0.25) is 0 Å². The van der Waals surface area contributed by atoms with Crippen LogP contribution in [0.15, 0.2) is 58.6 Å². The van der Waals surface area contributed by atoms with E-state index < -0.39 is 0 Å². The molecule has 0 radical (unpaired) electrons. The average Bonchev–Trinajstić information content (AvgIpc) is 2.78.